The Morgan fingerprint density at radius 1 is 1.44 bits per heavy atom. The maximum absolute atomic E-state index is 8.19. The SMILES string of the molecule is COc1cccc(-c2nnc(N=[N+]=[N-])o2)c1. The molecule has 1 aromatic heterocycles. The maximum atomic E-state index is 8.19. The standard InChI is InChI=1S/C9H7N5O2/c1-15-7-4-2-3-6(5-7)8-11-12-9(16-8)13-14-10/h2-5H,1H3. The van der Waals surface area contributed by atoms with E-state index in [0.717, 1.165) is 0 Å². The van der Waals surface area contributed by atoms with Crippen LogP contribution in [0, 0.1) is 0 Å². The van der Waals surface area contributed by atoms with Crippen molar-refractivity contribution in [3.63, 3.8) is 0 Å². The fraction of sp³-hybridized carbons (Fsp3) is 0.111. The van der Waals surface area contributed by atoms with Crippen molar-refractivity contribution >= 4 is 6.01 Å². The highest BCUT2D eigenvalue weighted by molar-refractivity contribution is 5.55. The van der Waals surface area contributed by atoms with E-state index < -0.39 is 0 Å². The number of azide groups is 1. The molecule has 0 atom stereocenters. The summed E-state index contributed by atoms with van der Waals surface area (Å²) in [6, 6.07) is 7.02. The van der Waals surface area contributed by atoms with E-state index in [9.17, 15) is 0 Å². The van der Waals surface area contributed by atoms with Gasteiger partial charge in [-0.2, -0.15) is 0 Å². The van der Waals surface area contributed by atoms with Crippen molar-refractivity contribution in [2.75, 3.05) is 7.11 Å². The molecule has 1 heterocycles. The van der Waals surface area contributed by atoms with Gasteiger partial charge < -0.3 is 9.15 Å². The minimum Gasteiger partial charge on any atom is -0.497 e. The molecule has 0 aliphatic carbocycles. The Kier molecular flexibility index (Phi) is 2.71. The Bertz CT molecular complexity index is 544. The van der Waals surface area contributed by atoms with Crippen molar-refractivity contribution in [1.82, 2.24) is 10.2 Å². The third kappa shape index (κ3) is 1.94. The Morgan fingerprint density at radius 3 is 3.06 bits per heavy atom. The molecule has 0 bridgehead atoms. The predicted octanol–water partition coefficient (Wildman–Crippen LogP) is 2.69. The fourth-order valence-corrected chi connectivity index (χ4v) is 1.17. The first-order valence-corrected chi connectivity index (χ1v) is 4.36. The summed E-state index contributed by atoms with van der Waals surface area (Å²) < 4.78 is 10.2. The highest BCUT2D eigenvalue weighted by atomic mass is 16.5. The summed E-state index contributed by atoms with van der Waals surface area (Å²) in [7, 11) is 1.57. The Labute approximate surface area is 90.3 Å². The van der Waals surface area contributed by atoms with Crippen molar-refractivity contribution in [2.45, 2.75) is 0 Å². The van der Waals surface area contributed by atoms with Crippen LogP contribution in [0.2, 0.25) is 0 Å². The highest BCUT2D eigenvalue weighted by Crippen LogP contribution is 2.24. The summed E-state index contributed by atoms with van der Waals surface area (Å²) in [4.78, 5) is 2.55. The van der Waals surface area contributed by atoms with Gasteiger partial charge in [-0.1, -0.05) is 6.07 Å². The molecule has 2 aromatic rings. The van der Waals surface area contributed by atoms with Crippen molar-refractivity contribution in [3.05, 3.63) is 34.7 Å². The zero-order valence-corrected chi connectivity index (χ0v) is 8.36. The van der Waals surface area contributed by atoms with Gasteiger partial charge in [-0.15, -0.1) is 10.2 Å². The van der Waals surface area contributed by atoms with Gasteiger partial charge in [-0.05, 0) is 23.7 Å². The topological polar surface area (TPSA) is 96.9 Å². The Hall–Kier alpha value is -2.53. The van der Waals surface area contributed by atoms with Gasteiger partial charge in [0.25, 0.3) is 0 Å². The molecule has 7 heteroatoms. The number of hydrogen-bond donors (Lipinski definition) is 0. The normalized spacial score (nSPS) is 9.56. The molecule has 0 saturated heterocycles. The highest BCUT2D eigenvalue weighted by Gasteiger charge is 2.07. The quantitative estimate of drug-likeness (QED) is 0.448. The lowest BCUT2D eigenvalue weighted by Gasteiger charge is -1.99. The number of ether oxygens (including phenoxy) is 1. The van der Waals surface area contributed by atoms with Crippen LogP contribution in [0.1, 0.15) is 0 Å². The van der Waals surface area contributed by atoms with E-state index in [1.54, 1.807) is 31.4 Å². The molecule has 0 aliphatic rings. The summed E-state index contributed by atoms with van der Waals surface area (Å²) in [5, 5.41) is 10.5. The molecule has 0 amide bonds. The zero-order valence-electron chi connectivity index (χ0n) is 8.36. The molecule has 0 fully saturated rings. The molecule has 0 aliphatic heterocycles. The van der Waals surface area contributed by atoms with E-state index in [0.29, 0.717) is 11.3 Å². The first-order chi connectivity index (χ1) is 7.83. The van der Waals surface area contributed by atoms with Gasteiger partial charge in [0.1, 0.15) is 5.75 Å². The molecule has 1 aromatic carbocycles. The monoisotopic (exact) mass is 217 g/mol. The summed E-state index contributed by atoms with van der Waals surface area (Å²) >= 11 is 0. The van der Waals surface area contributed by atoms with Crippen LogP contribution in [-0.2, 0) is 0 Å². The molecular formula is C9H7N5O2. The predicted molar refractivity (Wildman–Crippen MR) is 55.1 cm³/mol. The van der Waals surface area contributed by atoms with Gasteiger partial charge in [0.15, 0.2) is 0 Å². The van der Waals surface area contributed by atoms with Crippen LogP contribution in [0.25, 0.3) is 21.9 Å². The summed E-state index contributed by atoms with van der Waals surface area (Å²) in [6.07, 6.45) is 0. The summed E-state index contributed by atoms with van der Waals surface area (Å²) in [5.41, 5.74) is 8.89. The number of nitrogens with zero attached hydrogens (tertiary/aromatic N) is 5. The Morgan fingerprint density at radius 2 is 2.31 bits per heavy atom. The molecule has 7 nitrogen and oxygen atoms in total. The summed E-state index contributed by atoms with van der Waals surface area (Å²) in [5.74, 6) is 0.960. The van der Waals surface area contributed by atoms with Gasteiger partial charge in [-0.3, -0.25) is 0 Å². The van der Waals surface area contributed by atoms with E-state index in [1.165, 1.54) is 0 Å². The number of methoxy groups -OCH3 is 1. The van der Waals surface area contributed by atoms with Crippen LogP contribution in [-0.4, -0.2) is 17.3 Å². The molecule has 0 radical (unpaired) electrons. The van der Waals surface area contributed by atoms with Crippen LogP contribution in [0.3, 0.4) is 0 Å². The zero-order chi connectivity index (χ0) is 11.4. The lowest BCUT2D eigenvalue weighted by Crippen LogP contribution is -1.83. The fourth-order valence-electron chi connectivity index (χ4n) is 1.17. The molecule has 0 unspecified atom stereocenters. The van der Waals surface area contributed by atoms with Crippen LogP contribution in [0.5, 0.6) is 5.75 Å². The van der Waals surface area contributed by atoms with Crippen LogP contribution in [0.15, 0.2) is 33.8 Å². The molecule has 2 rings (SSSR count). The Balaban J connectivity index is 2.38. The van der Waals surface area contributed by atoms with E-state index in [-0.39, 0.29) is 11.9 Å². The van der Waals surface area contributed by atoms with Gasteiger partial charge in [0, 0.05) is 15.6 Å². The van der Waals surface area contributed by atoms with Gasteiger partial charge >= 0.3 is 6.01 Å². The molecule has 80 valence electrons. The van der Waals surface area contributed by atoms with Crippen molar-refractivity contribution in [2.24, 2.45) is 5.11 Å². The van der Waals surface area contributed by atoms with Crippen molar-refractivity contribution < 1.29 is 9.15 Å². The smallest absolute Gasteiger partial charge is 0.304 e. The van der Waals surface area contributed by atoms with Gasteiger partial charge in [0.2, 0.25) is 5.89 Å². The third-order valence-corrected chi connectivity index (χ3v) is 1.86. The van der Waals surface area contributed by atoms with Gasteiger partial charge in [0.05, 0.1) is 7.11 Å². The van der Waals surface area contributed by atoms with E-state index in [2.05, 4.69) is 20.2 Å². The van der Waals surface area contributed by atoms with Crippen LogP contribution >= 0.6 is 0 Å². The average molecular weight is 217 g/mol. The number of rotatable bonds is 3. The second-order valence-corrected chi connectivity index (χ2v) is 2.81. The first-order valence-electron chi connectivity index (χ1n) is 4.36. The molecule has 0 spiro atoms. The van der Waals surface area contributed by atoms with Crippen LogP contribution < -0.4 is 4.74 Å². The maximum Gasteiger partial charge on any atom is 0.304 e. The second kappa shape index (κ2) is 4.33. The minimum atomic E-state index is -0.111. The van der Waals surface area contributed by atoms with Gasteiger partial charge in [-0.25, -0.2) is 0 Å². The number of hydrogen-bond acceptors (Lipinski definition) is 5. The van der Waals surface area contributed by atoms with Crippen molar-refractivity contribution in [1.29, 1.82) is 0 Å². The van der Waals surface area contributed by atoms with E-state index in [4.69, 9.17) is 14.7 Å². The lowest BCUT2D eigenvalue weighted by atomic mass is 10.2. The molecule has 0 saturated carbocycles. The second-order valence-electron chi connectivity index (χ2n) is 2.81. The van der Waals surface area contributed by atoms with Crippen molar-refractivity contribution in [3.8, 4) is 17.2 Å². The largest absolute Gasteiger partial charge is 0.497 e. The number of benzene rings is 1. The van der Waals surface area contributed by atoms with E-state index >= 15 is 0 Å². The molecular weight excluding hydrogens is 210 g/mol. The third-order valence-electron chi connectivity index (χ3n) is 1.86. The first kappa shape index (κ1) is 10.0. The molecule has 16 heavy (non-hydrogen) atoms. The minimum absolute atomic E-state index is 0.111. The van der Waals surface area contributed by atoms with E-state index in [1.807, 2.05) is 0 Å². The summed E-state index contributed by atoms with van der Waals surface area (Å²) in [6.45, 7) is 0. The molecule has 0 N–H and O–H groups in total. The average Bonchev–Trinajstić information content (AvgIpc) is 2.78. The number of aromatic nitrogens is 2. The lowest BCUT2D eigenvalue weighted by molar-refractivity contribution is 0.415. The van der Waals surface area contributed by atoms with Crippen LogP contribution in [0.4, 0.5) is 6.01 Å².